The third-order valence-corrected chi connectivity index (χ3v) is 4.83. The zero-order valence-electron chi connectivity index (χ0n) is 14.6. The first-order chi connectivity index (χ1) is 12.6. The Bertz CT molecular complexity index is 920. The number of aromatic nitrogens is 1. The first-order valence-corrected chi connectivity index (χ1v) is 9.04. The molecule has 3 aromatic rings. The van der Waals surface area contributed by atoms with Gasteiger partial charge in [-0.2, -0.15) is 0 Å². The summed E-state index contributed by atoms with van der Waals surface area (Å²) in [5.41, 5.74) is 4.77. The summed E-state index contributed by atoms with van der Waals surface area (Å²) < 4.78 is 0. The van der Waals surface area contributed by atoms with Crippen molar-refractivity contribution in [1.82, 2.24) is 4.98 Å². The van der Waals surface area contributed by atoms with Gasteiger partial charge < -0.3 is 10.2 Å². The summed E-state index contributed by atoms with van der Waals surface area (Å²) in [6.45, 7) is 4.18. The summed E-state index contributed by atoms with van der Waals surface area (Å²) in [6, 6.07) is 15.7. The number of carbonyl (C=O) groups excluding carboxylic acids is 1. The Morgan fingerprint density at radius 1 is 1.19 bits per heavy atom. The van der Waals surface area contributed by atoms with Gasteiger partial charge in [-0.05, 0) is 31.0 Å². The van der Waals surface area contributed by atoms with Crippen molar-refractivity contribution in [3.05, 3.63) is 70.7 Å². The van der Waals surface area contributed by atoms with E-state index in [4.69, 9.17) is 4.84 Å². The number of hydrogen-bond donors (Lipinski definition) is 1. The molecule has 1 N–H and O–H groups in total. The zero-order valence-corrected chi connectivity index (χ0v) is 15.4. The number of amides is 1. The van der Waals surface area contributed by atoms with Crippen LogP contribution >= 0.6 is 11.3 Å². The highest BCUT2D eigenvalue weighted by Gasteiger charge is 2.05. The van der Waals surface area contributed by atoms with Gasteiger partial charge in [0.05, 0.1) is 5.69 Å². The van der Waals surface area contributed by atoms with Gasteiger partial charge in [-0.3, -0.25) is 4.79 Å². The Hall–Kier alpha value is -2.99. The number of oxime groups is 1. The molecule has 0 spiro atoms. The van der Waals surface area contributed by atoms with Crippen molar-refractivity contribution in [3.8, 4) is 10.6 Å². The van der Waals surface area contributed by atoms with E-state index < -0.39 is 0 Å². The van der Waals surface area contributed by atoms with Crippen LogP contribution in [0, 0.1) is 13.8 Å². The van der Waals surface area contributed by atoms with Crippen LogP contribution in [0.3, 0.4) is 0 Å². The Kier molecular flexibility index (Phi) is 5.76. The van der Waals surface area contributed by atoms with Crippen molar-refractivity contribution in [2.24, 2.45) is 5.16 Å². The van der Waals surface area contributed by atoms with Crippen LogP contribution in [0.4, 0.5) is 5.69 Å². The molecule has 0 fully saturated rings. The van der Waals surface area contributed by atoms with E-state index in [1.807, 2.05) is 67.8 Å². The van der Waals surface area contributed by atoms with E-state index in [2.05, 4.69) is 15.5 Å². The second-order valence-electron chi connectivity index (χ2n) is 5.75. The number of thiazole rings is 1. The Morgan fingerprint density at radius 3 is 2.81 bits per heavy atom. The van der Waals surface area contributed by atoms with Crippen LogP contribution in [0.2, 0.25) is 0 Å². The van der Waals surface area contributed by atoms with Gasteiger partial charge in [-0.25, -0.2) is 4.98 Å². The highest BCUT2D eigenvalue weighted by Crippen LogP contribution is 2.23. The molecule has 132 valence electrons. The Morgan fingerprint density at radius 2 is 2.00 bits per heavy atom. The number of anilines is 1. The quantitative estimate of drug-likeness (QED) is 0.514. The molecule has 0 saturated heterocycles. The van der Waals surface area contributed by atoms with E-state index in [9.17, 15) is 4.79 Å². The summed E-state index contributed by atoms with van der Waals surface area (Å²) in [5, 5.41) is 9.37. The number of nitrogens with zero attached hydrogens (tertiary/aromatic N) is 2. The highest BCUT2D eigenvalue weighted by atomic mass is 32.1. The minimum atomic E-state index is -0.332. The molecule has 5 nitrogen and oxygen atoms in total. The van der Waals surface area contributed by atoms with E-state index in [0.717, 1.165) is 39.3 Å². The van der Waals surface area contributed by atoms with Crippen LogP contribution in [-0.4, -0.2) is 17.1 Å². The van der Waals surface area contributed by atoms with E-state index in [1.165, 1.54) is 0 Å². The van der Waals surface area contributed by atoms with Gasteiger partial charge in [0.25, 0.3) is 5.91 Å². The lowest BCUT2D eigenvalue weighted by Crippen LogP contribution is -2.14. The second-order valence-corrected chi connectivity index (χ2v) is 6.61. The molecular weight excluding hydrogens is 346 g/mol. The number of hydrogen-bond acceptors (Lipinski definition) is 5. The standard InChI is InChI=1S/C20H19N3O2S/c1-14-7-6-10-18(15(14)2)23-19(24)11-21-25-12-17-13-26-20(22-17)16-8-4-3-5-9-16/h3-11,13H,12H2,1-2H3,(H,23,24). The summed E-state index contributed by atoms with van der Waals surface area (Å²) in [4.78, 5) is 21.6. The average molecular weight is 365 g/mol. The fourth-order valence-corrected chi connectivity index (χ4v) is 3.14. The summed E-state index contributed by atoms with van der Waals surface area (Å²) in [5.74, 6) is -0.332. The lowest BCUT2D eigenvalue weighted by Gasteiger charge is -2.08. The number of benzene rings is 2. The number of nitrogens with one attached hydrogen (secondary N) is 1. The van der Waals surface area contributed by atoms with Crippen LogP contribution < -0.4 is 5.32 Å². The van der Waals surface area contributed by atoms with Gasteiger partial charge in [-0.1, -0.05) is 47.6 Å². The predicted molar refractivity (Wildman–Crippen MR) is 105 cm³/mol. The van der Waals surface area contributed by atoms with Crippen molar-refractivity contribution in [2.45, 2.75) is 20.5 Å². The maximum absolute atomic E-state index is 11.9. The lowest BCUT2D eigenvalue weighted by molar-refractivity contribution is -0.110. The molecule has 0 aliphatic carbocycles. The van der Waals surface area contributed by atoms with Crippen molar-refractivity contribution >= 4 is 29.1 Å². The van der Waals surface area contributed by atoms with Gasteiger partial charge in [0, 0.05) is 16.6 Å². The Balaban J connectivity index is 1.51. The molecule has 0 aliphatic rings. The predicted octanol–water partition coefficient (Wildman–Crippen LogP) is 4.57. The first kappa shape index (κ1) is 17.8. The van der Waals surface area contributed by atoms with E-state index in [-0.39, 0.29) is 12.5 Å². The number of carbonyl (C=O) groups is 1. The molecule has 1 heterocycles. The summed E-state index contributed by atoms with van der Waals surface area (Å²) in [7, 11) is 0. The Labute approximate surface area is 156 Å². The third-order valence-electron chi connectivity index (χ3n) is 3.89. The molecule has 1 amide bonds. The number of rotatable bonds is 6. The minimum absolute atomic E-state index is 0.219. The fraction of sp³-hybridized carbons (Fsp3) is 0.150. The zero-order chi connectivity index (χ0) is 18.4. The monoisotopic (exact) mass is 365 g/mol. The van der Waals surface area contributed by atoms with Crippen LogP contribution in [-0.2, 0) is 16.2 Å². The molecule has 26 heavy (non-hydrogen) atoms. The van der Waals surface area contributed by atoms with Crippen LogP contribution in [0.15, 0.2) is 59.1 Å². The van der Waals surface area contributed by atoms with Gasteiger partial charge in [-0.15, -0.1) is 11.3 Å². The largest absolute Gasteiger partial charge is 0.389 e. The van der Waals surface area contributed by atoms with Crippen molar-refractivity contribution in [3.63, 3.8) is 0 Å². The fourth-order valence-electron chi connectivity index (χ4n) is 2.33. The molecule has 0 radical (unpaired) electrons. The van der Waals surface area contributed by atoms with E-state index >= 15 is 0 Å². The molecular formula is C20H19N3O2S. The van der Waals surface area contributed by atoms with Gasteiger partial charge in [0.15, 0.2) is 6.61 Å². The van der Waals surface area contributed by atoms with E-state index in [0.29, 0.717) is 0 Å². The molecule has 0 atom stereocenters. The smallest absolute Gasteiger partial charge is 0.270 e. The van der Waals surface area contributed by atoms with E-state index in [1.54, 1.807) is 11.3 Å². The third kappa shape index (κ3) is 4.55. The average Bonchev–Trinajstić information content (AvgIpc) is 3.12. The second kappa shape index (κ2) is 8.40. The topological polar surface area (TPSA) is 63.6 Å². The maximum atomic E-state index is 11.9. The molecule has 0 bridgehead atoms. The molecule has 2 aromatic carbocycles. The number of aryl methyl sites for hydroxylation is 1. The van der Waals surface area contributed by atoms with Crippen molar-refractivity contribution < 1.29 is 9.63 Å². The minimum Gasteiger partial charge on any atom is -0.389 e. The lowest BCUT2D eigenvalue weighted by atomic mass is 10.1. The van der Waals surface area contributed by atoms with Crippen LogP contribution in [0.25, 0.3) is 10.6 Å². The van der Waals surface area contributed by atoms with Gasteiger partial charge >= 0.3 is 0 Å². The van der Waals surface area contributed by atoms with Crippen molar-refractivity contribution in [1.29, 1.82) is 0 Å². The molecule has 6 heteroatoms. The van der Waals surface area contributed by atoms with Gasteiger partial charge in [0.2, 0.25) is 0 Å². The molecule has 1 aromatic heterocycles. The highest BCUT2D eigenvalue weighted by molar-refractivity contribution is 7.13. The summed E-state index contributed by atoms with van der Waals surface area (Å²) >= 11 is 1.55. The molecule has 0 unspecified atom stereocenters. The summed E-state index contributed by atoms with van der Waals surface area (Å²) in [6.07, 6.45) is 1.13. The maximum Gasteiger partial charge on any atom is 0.270 e. The SMILES string of the molecule is Cc1cccc(NC(=O)C=NOCc2csc(-c3ccccc3)n2)c1C. The van der Waals surface area contributed by atoms with Crippen LogP contribution in [0.5, 0.6) is 0 Å². The van der Waals surface area contributed by atoms with Gasteiger partial charge in [0.1, 0.15) is 11.2 Å². The molecule has 3 rings (SSSR count). The van der Waals surface area contributed by atoms with Crippen molar-refractivity contribution in [2.75, 3.05) is 5.32 Å². The van der Waals surface area contributed by atoms with Crippen LogP contribution in [0.1, 0.15) is 16.8 Å². The normalized spacial score (nSPS) is 10.8. The first-order valence-electron chi connectivity index (χ1n) is 8.16. The molecule has 0 aliphatic heterocycles. The molecule has 0 saturated carbocycles.